The van der Waals surface area contributed by atoms with Gasteiger partial charge in [0.2, 0.25) is 5.91 Å². The predicted octanol–water partition coefficient (Wildman–Crippen LogP) is 9.62. The third kappa shape index (κ3) is 11.7. The lowest BCUT2D eigenvalue weighted by molar-refractivity contribution is -0.120. The normalized spacial score (nSPS) is 12.1. The molecule has 1 atom stereocenters. The summed E-state index contributed by atoms with van der Waals surface area (Å²) in [6.07, 6.45) is 10.0. The number of carbonyl (C=O) groups is 2. The summed E-state index contributed by atoms with van der Waals surface area (Å²) in [7, 11) is 0. The number of ether oxygens (including phenoxy) is 1. The van der Waals surface area contributed by atoms with Gasteiger partial charge in [-0.1, -0.05) is 114 Å². The highest BCUT2D eigenvalue weighted by Crippen LogP contribution is 2.36. The molecule has 0 fully saturated rings. The van der Waals surface area contributed by atoms with E-state index in [0.29, 0.717) is 28.7 Å². The lowest BCUT2D eigenvalue weighted by Gasteiger charge is -2.14. The van der Waals surface area contributed by atoms with Crippen LogP contribution in [0.15, 0.2) is 28.1 Å². The summed E-state index contributed by atoms with van der Waals surface area (Å²) in [5, 5.41) is 4.23. The number of carbonyl (C=O) groups excluding carboxylic acids is 2. The maximum atomic E-state index is 12.4. The maximum absolute atomic E-state index is 12.4. The second kappa shape index (κ2) is 17.0. The van der Waals surface area contributed by atoms with Crippen LogP contribution in [0.2, 0.25) is 10.0 Å². The quantitative estimate of drug-likeness (QED) is 0.196. The Kier molecular flexibility index (Phi) is 14.5. The van der Waals surface area contributed by atoms with Crippen LogP contribution in [0.5, 0.6) is 0 Å². The van der Waals surface area contributed by atoms with Crippen LogP contribution in [0.4, 0.5) is 4.79 Å². The average molecular weight is 571 g/mol. The predicted molar refractivity (Wildman–Crippen MR) is 153 cm³/mol. The number of aromatic amines is 1. The average Bonchev–Trinajstić information content (AvgIpc) is 3.24. The monoisotopic (exact) mass is 569 g/mol. The van der Waals surface area contributed by atoms with Crippen molar-refractivity contribution in [1.82, 2.24) is 15.3 Å². The third-order valence-electron chi connectivity index (χ3n) is 6.02. The van der Waals surface area contributed by atoms with Gasteiger partial charge in [-0.15, -0.1) is 0 Å². The van der Waals surface area contributed by atoms with E-state index in [1.165, 1.54) is 50.3 Å². The highest BCUT2D eigenvalue weighted by molar-refractivity contribution is 7.99. The Labute approximate surface area is 236 Å². The Morgan fingerprint density at radius 2 is 1.57 bits per heavy atom. The van der Waals surface area contributed by atoms with Gasteiger partial charge in [0, 0.05) is 21.4 Å². The number of nitrogens with zero attached hydrogens (tertiary/aromatic N) is 1. The zero-order chi connectivity index (χ0) is 27.2. The number of rotatable bonds is 16. The number of imidazole rings is 1. The molecule has 206 valence electrons. The van der Waals surface area contributed by atoms with Crippen LogP contribution in [0.3, 0.4) is 0 Å². The van der Waals surface area contributed by atoms with Gasteiger partial charge in [0.1, 0.15) is 10.9 Å². The summed E-state index contributed by atoms with van der Waals surface area (Å²) < 4.78 is 5.57. The Bertz CT molecular complexity index is 977. The first-order valence-electron chi connectivity index (χ1n) is 13.5. The van der Waals surface area contributed by atoms with Gasteiger partial charge in [0.05, 0.1) is 5.69 Å². The highest BCUT2D eigenvalue weighted by atomic mass is 35.5. The van der Waals surface area contributed by atoms with Gasteiger partial charge in [0.25, 0.3) is 0 Å². The van der Waals surface area contributed by atoms with Gasteiger partial charge in [-0.2, -0.15) is 0 Å². The highest BCUT2D eigenvalue weighted by Gasteiger charge is 2.23. The Morgan fingerprint density at radius 3 is 2.14 bits per heavy atom. The standard InChI is InChI=1S/C28H41Cl2N3O3S/c1-5-7-8-9-10-11-12-13-14-15-24(34)31-28(35)36-23(6-2)26-32-25(19(3)4)27(33-26)37-22-17-20(29)16-21(30)18-22/h16-19,23H,5-15H2,1-4H3,(H,32,33)(H,31,34,35). The molecule has 2 aromatic rings. The molecule has 37 heavy (non-hydrogen) atoms. The molecule has 1 aromatic heterocycles. The van der Waals surface area contributed by atoms with E-state index in [4.69, 9.17) is 32.9 Å². The maximum Gasteiger partial charge on any atom is 0.414 e. The van der Waals surface area contributed by atoms with Crippen LogP contribution in [-0.4, -0.2) is 22.0 Å². The molecule has 0 radical (unpaired) electrons. The topological polar surface area (TPSA) is 84.1 Å². The minimum atomic E-state index is -0.744. The molecule has 2 rings (SSSR count). The van der Waals surface area contributed by atoms with E-state index < -0.39 is 12.2 Å². The molecule has 0 bridgehead atoms. The Morgan fingerprint density at radius 1 is 0.973 bits per heavy atom. The van der Waals surface area contributed by atoms with Crippen molar-refractivity contribution in [3.63, 3.8) is 0 Å². The SMILES string of the molecule is CCCCCCCCCCCC(=O)NC(=O)OC(CC)c1nc(Sc2cc(Cl)cc(Cl)c2)c(C(C)C)[nH]1. The first-order chi connectivity index (χ1) is 17.7. The number of imide groups is 1. The molecule has 2 amide bonds. The van der Waals surface area contributed by atoms with E-state index in [1.54, 1.807) is 6.07 Å². The molecule has 0 aliphatic rings. The summed E-state index contributed by atoms with van der Waals surface area (Å²) in [5.74, 6) is 0.408. The summed E-state index contributed by atoms with van der Waals surface area (Å²) in [4.78, 5) is 33.5. The van der Waals surface area contributed by atoms with Crippen molar-refractivity contribution in [2.24, 2.45) is 0 Å². The van der Waals surface area contributed by atoms with Crippen LogP contribution in [0.1, 0.15) is 122 Å². The first kappa shape index (κ1) is 31.5. The molecule has 9 heteroatoms. The first-order valence-corrected chi connectivity index (χ1v) is 15.0. The van der Waals surface area contributed by atoms with Crippen LogP contribution in [0, 0.1) is 0 Å². The van der Waals surface area contributed by atoms with Crippen LogP contribution in [0.25, 0.3) is 0 Å². The molecule has 6 nitrogen and oxygen atoms in total. The number of H-pyrrole nitrogens is 1. The molecule has 0 aliphatic carbocycles. The number of aromatic nitrogens is 2. The number of unbranched alkanes of at least 4 members (excludes halogenated alkanes) is 8. The van der Waals surface area contributed by atoms with E-state index >= 15 is 0 Å². The molecular weight excluding hydrogens is 529 g/mol. The Hall–Kier alpha value is -1.70. The number of benzene rings is 1. The van der Waals surface area contributed by atoms with Crippen molar-refractivity contribution in [2.45, 2.75) is 120 Å². The van der Waals surface area contributed by atoms with Crippen molar-refractivity contribution in [2.75, 3.05) is 0 Å². The molecule has 0 saturated heterocycles. The minimum Gasteiger partial charge on any atom is -0.438 e. The molecule has 1 heterocycles. The van der Waals surface area contributed by atoms with E-state index in [9.17, 15) is 9.59 Å². The van der Waals surface area contributed by atoms with Gasteiger partial charge in [-0.05, 0) is 37.0 Å². The zero-order valence-electron chi connectivity index (χ0n) is 22.5. The summed E-state index contributed by atoms with van der Waals surface area (Å²) >= 11 is 13.8. The Balaban J connectivity index is 1.86. The second-order valence-electron chi connectivity index (χ2n) is 9.63. The van der Waals surface area contributed by atoms with Crippen molar-refractivity contribution in [1.29, 1.82) is 0 Å². The molecule has 0 spiro atoms. The third-order valence-corrected chi connectivity index (χ3v) is 7.43. The zero-order valence-corrected chi connectivity index (χ0v) is 24.8. The van der Waals surface area contributed by atoms with Gasteiger partial charge >= 0.3 is 6.09 Å². The fourth-order valence-electron chi connectivity index (χ4n) is 3.97. The van der Waals surface area contributed by atoms with Crippen LogP contribution >= 0.6 is 35.0 Å². The van der Waals surface area contributed by atoms with Crippen molar-refractivity contribution in [3.05, 3.63) is 39.8 Å². The molecule has 2 N–H and O–H groups in total. The summed E-state index contributed by atoms with van der Waals surface area (Å²) in [6, 6.07) is 5.34. The largest absolute Gasteiger partial charge is 0.438 e. The fraction of sp³-hybridized carbons (Fsp3) is 0.607. The molecular formula is C28H41Cl2N3O3S. The van der Waals surface area contributed by atoms with Crippen LogP contribution in [-0.2, 0) is 9.53 Å². The molecule has 1 aromatic carbocycles. The van der Waals surface area contributed by atoms with E-state index in [2.05, 4.69) is 31.1 Å². The fourth-order valence-corrected chi connectivity index (χ4v) is 5.76. The number of alkyl carbamates (subject to hydrolysis) is 1. The van der Waals surface area contributed by atoms with Gasteiger partial charge in [-0.3, -0.25) is 10.1 Å². The van der Waals surface area contributed by atoms with E-state index in [0.717, 1.165) is 34.9 Å². The van der Waals surface area contributed by atoms with Gasteiger partial charge in [0.15, 0.2) is 6.10 Å². The molecule has 1 unspecified atom stereocenters. The van der Waals surface area contributed by atoms with Crippen molar-refractivity contribution < 1.29 is 14.3 Å². The number of hydrogen-bond acceptors (Lipinski definition) is 5. The van der Waals surface area contributed by atoms with Gasteiger partial charge < -0.3 is 9.72 Å². The summed E-state index contributed by atoms with van der Waals surface area (Å²) in [6.45, 7) is 8.25. The number of hydrogen-bond donors (Lipinski definition) is 2. The number of nitrogens with one attached hydrogen (secondary N) is 2. The van der Waals surface area contributed by atoms with E-state index in [1.807, 2.05) is 19.1 Å². The second-order valence-corrected chi connectivity index (χ2v) is 11.6. The summed E-state index contributed by atoms with van der Waals surface area (Å²) in [5.41, 5.74) is 0.931. The number of amides is 2. The van der Waals surface area contributed by atoms with E-state index in [-0.39, 0.29) is 11.8 Å². The lowest BCUT2D eigenvalue weighted by atomic mass is 10.1. The van der Waals surface area contributed by atoms with Gasteiger partial charge in [-0.25, -0.2) is 9.78 Å². The van der Waals surface area contributed by atoms with Crippen LogP contribution < -0.4 is 5.32 Å². The molecule has 0 saturated carbocycles. The van der Waals surface area contributed by atoms with Crippen molar-refractivity contribution in [3.8, 4) is 0 Å². The minimum absolute atomic E-state index is 0.169. The lowest BCUT2D eigenvalue weighted by Crippen LogP contribution is -2.32. The number of halogens is 2. The van der Waals surface area contributed by atoms with Crippen molar-refractivity contribution >= 4 is 47.0 Å². The molecule has 0 aliphatic heterocycles. The smallest absolute Gasteiger partial charge is 0.414 e.